The second-order valence-corrected chi connectivity index (χ2v) is 5.32. The van der Waals surface area contributed by atoms with Gasteiger partial charge in [0, 0.05) is 17.5 Å². The third-order valence-corrected chi connectivity index (χ3v) is 3.52. The number of hydrogen-bond acceptors (Lipinski definition) is 5. The number of amides is 1. The Morgan fingerprint density at radius 3 is 3.00 bits per heavy atom. The average molecular weight is 302 g/mol. The van der Waals surface area contributed by atoms with Gasteiger partial charge in [0.25, 0.3) is 5.91 Å². The number of aliphatic hydroxyl groups excluding tert-OH is 1. The van der Waals surface area contributed by atoms with Crippen LogP contribution in [0, 0.1) is 11.8 Å². The van der Waals surface area contributed by atoms with Crippen molar-refractivity contribution in [2.24, 2.45) is 0 Å². The summed E-state index contributed by atoms with van der Waals surface area (Å²) >= 11 is 1.49. The van der Waals surface area contributed by atoms with Crippen LogP contribution in [0.15, 0.2) is 30.6 Å². The van der Waals surface area contributed by atoms with Gasteiger partial charge in [0.1, 0.15) is 5.75 Å². The maximum atomic E-state index is 11.9. The lowest BCUT2D eigenvalue weighted by molar-refractivity contribution is 0.0950. The van der Waals surface area contributed by atoms with Gasteiger partial charge in [-0.1, -0.05) is 11.8 Å². The Hall–Kier alpha value is -2.36. The molecule has 0 bridgehead atoms. The van der Waals surface area contributed by atoms with Crippen molar-refractivity contribution in [3.8, 4) is 17.6 Å². The monoisotopic (exact) mass is 302 g/mol. The Balaban J connectivity index is 1.91. The topological polar surface area (TPSA) is 82.5 Å². The molecule has 0 aliphatic carbocycles. The van der Waals surface area contributed by atoms with E-state index in [1.807, 2.05) is 12.1 Å². The molecule has 1 amide bonds. The van der Waals surface area contributed by atoms with Crippen LogP contribution in [0.5, 0.6) is 5.75 Å². The number of aromatic hydroxyl groups is 1. The van der Waals surface area contributed by atoms with Crippen LogP contribution in [0.2, 0.25) is 0 Å². The number of hydrogen-bond donors (Lipinski definition) is 3. The van der Waals surface area contributed by atoms with E-state index >= 15 is 0 Å². The number of carbonyl (C=O) groups is 1. The molecular weight excluding hydrogens is 288 g/mol. The van der Waals surface area contributed by atoms with Crippen molar-refractivity contribution in [3.63, 3.8) is 0 Å². The van der Waals surface area contributed by atoms with Crippen LogP contribution in [0.4, 0.5) is 0 Å². The molecule has 5 nitrogen and oxygen atoms in total. The van der Waals surface area contributed by atoms with E-state index in [0.717, 1.165) is 9.75 Å². The fourth-order valence-electron chi connectivity index (χ4n) is 1.57. The van der Waals surface area contributed by atoms with Gasteiger partial charge >= 0.3 is 0 Å². The van der Waals surface area contributed by atoms with Crippen LogP contribution in [-0.2, 0) is 6.54 Å². The summed E-state index contributed by atoms with van der Waals surface area (Å²) in [4.78, 5) is 17.5. The summed E-state index contributed by atoms with van der Waals surface area (Å²) in [6.07, 6.45) is 3.12. The fourth-order valence-corrected chi connectivity index (χ4v) is 2.39. The van der Waals surface area contributed by atoms with Gasteiger partial charge in [0.2, 0.25) is 0 Å². The van der Waals surface area contributed by atoms with Crippen molar-refractivity contribution >= 4 is 17.2 Å². The summed E-state index contributed by atoms with van der Waals surface area (Å²) < 4.78 is 0. The van der Waals surface area contributed by atoms with E-state index in [0.29, 0.717) is 18.5 Å². The zero-order chi connectivity index (χ0) is 15.1. The number of nitrogens with one attached hydrogen (secondary N) is 1. The van der Waals surface area contributed by atoms with E-state index in [1.165, 1.54) is 29.8 Å². The van der Waals surface area contributed by atoms with E-state index in [2.05, 4.69) is 22.1 Å². The van der Waals surface area contributed by atoms with E-state index in [1.54, 1.807) is 0 Å². The standard InChI is InChI=1S/C15H14N2O3S/c18-6-2-1-3-13-4-5-14(21-13)10-17-15(20)11-7-12(19)9-16-8-11/h4-5,7-9,18-19H,2,6,10H2,(H,17,20). The van der Waals surface area contributed by atoms with Crippen molar-refractivity contribution < 1.29 is 15.0 Å². The highest BCUT2D eigenvalue weighted by atomic mass is 32.1. The molecule has 21 heavy (non-hydrogen) atoms. The minimum Gasteiger partial charge on any atom is -0.506 e. The number of thiophene rings is 1. The maximum Gasteiger partial charge on any atom is 0.253 e. The lowest BCUT2D eigenvalue weighted by Gasteiger charge is -2.03. The van der Waals surface area contributed by atoms with Crippen molar-refractivity contribution in [1.29, 1.82) is 0 Å². The van der Waals surface area contributed by atoms with Gasteiger partial charge in [-0.2, -0.15) is 0 Å². The highest BCUT2D eigenvalue weighted by Gasteiger charge is 2.07. The van der Waals surface area contributed by atoms with Gasteiger partial charge in [0.15, 0.2) is 0 Å². The van der Waals surface area contributed by atoms with Gasteiger partial charge in [-0.25, -0.2) is 0 Å². The first-order valence-corrected chi connectivity index (χ1v) is 7.11. The number of aromatic nitrogens is 1. The maximum absolute atomic E-state index is 11.9. The first-order valence-electron chi connectivity index (χ1n) is 6.29. The molecule has 0 aromatic carbocycles. The number of carbonyl (C=O) groups excluding carboxylic acids is 1. The Labute approximate surface area is 126 Å². The van der Waals surface area contributed by atoms with Gasteiger partial charge in [0.05, 0.1) is 29.8 Å². The minimum atomic E-state index is -0.292. The smallest absolute Gasteiger partial charge is 0.253 e. The Bertz CT molecular complexity index is 685. The quantitative estimate of drug-likeness (QED) is 0.748. The van der Waals surface area contributed by atoms with Gasteiger partial charge in [-0.05, 0) is 18.2 Å². The third kappa shape index (κ3) is 4.60. The molecule has 2 rings (SSSR count). The molecule has 0 saturated carbocycles. The molecule has 3 N–H and O–H groups in total. The number of rotatable bonds is 4. The van der Waals surface area contributed by atoms with E-state index in [-0.39, 0.29) is 18.3 Å². The Morgan fingerprint density at radius 1 is 1.38 bits per heavy atom. The summed E-state index contributed by atoms with van der Waals surface area (Å²) in [5.41, 5.74) is 0.314. The number of aliphatic hydroxyl groups is 1. The summed E-state index contributed by atoms with van der Waals surface area (Å²) in [6.45, 7) is 0.445. The summed E-state index contributed by atoms with van der Waals surface area (Å²) in [7, 11) is 0. The van der Waals surface area contributed by atoms with Crippen LogP contribution in [0.25, 0.3) is 0 Å². The number of nitrogens with zero attached hydrogens (tertiary/aromatic N) is 1. The van der Waals surface area contributed by atoms with Gasteiger partial charge in [-0.3, -0.25) is 9.78 Å². The average Bonchev–Trinajstić information content (AvgIpc) is 2.93. The summed E-state index contributed by atoms with van der Waals surface area (Å²) in [6, 6.07) is 5.14. The molecule has 0 radical (unpaired) electrons. The van der Waals surface area contributed by atoms with Crippen molar-refractivity contribution in [2.45, 2.75) is 13.0 Å². The van der Waals surface area contributed by atoms with Crippen LogP contribution in [0.1, 0.15) is 26.5 Å². The molecule has 0 unspecified atom stereocenters. The highest BCUT2D eigenvalue weighted by molar-refractivity contribution is 7.12. The number of pyridine rings is 1. The van der Waals surface area contributed by atoms with Gasteiger partial charge < -0.3 is 15.5 Å². The van der Waals surface area contributed by atoms with E-state index in [9.17, 15) is 9.90 Å². The van der Waals surface area contributed by atoms with Crippen LogP contribution < -0.4 is 5.32 Å². The normalized spacial score (nSPS) is 9.76. The zero-order valence-corrected chi connectivity index (χ0v) is 12.0. The fraction of sp³-hybridized carbons (Fsp3) is 0.200. The molecule has 0 saturated heterocycles. The van der Waals surface area contributed by atoms with Crippen LogP contribution in [0.3, 0.4) is 0 Å². The molecular formula is C15H14N2O3S. The lowest BCUT2D eigenvalue weighted by atomic mass is 10.2. The summed E-state index contributed by atoms with van der Waals surface area (Å²) in [5, 5.41) is 20.7. The second kappa shape index (κ2) is 7.43. The van der Waals surface area contributed by atoms with Gasteiger partial charge in [-0.15, -0.1) is 11.3 Å². The minimum absolute atomic E-state index is 0.0415. The summed E-state index contributed by atoms with van der Waals surface area (Å²) in [5.74, 6) is 5.46. The molecule has 2 aromatic heterocycles. The molecule has 0 fully saturated rings. The van der Waals surface area contributed by atoms with E-state index < -0.39 is 0 Å². The molecule has 108 valence electrons. The highest BCUT2D eigenvalue weighted by Crippen LogP contribution is 2.15. The van der Waals surface area contributed by atoms with Crippen molar-refractivity contribution in [2.75, 3.05) is 6.61 Å². The van der Waals surface area contributed by atoms with Crippen molar-refractivity contribution in [3.05, 3.63) is 45.9 Å². The molecule has 0 aliphatic heterocycles. The molecule has 0 atom stereocenters. The molecule has 2 heterocycles. The zero-order valence-electron chi connectivity index (χ0n) is 11.2. The van der Waals surface area contributed by atoms with Crippen LogP contribution in [-0.4, -0.2) is 27.7 Å². The molecule has 6 heteroatoms. The molecule has 0 aliphatic rings. The van der Waals surface area contributed by atoms with Crippen molar-refractivity contribution in [1.82, 2.24) is 10.3 Å². The van der Waals surface area contributed by atoms with Crippen LogP contribution >= 0.6 is 11.3 Å². The largest absolute Gasteiger partial charge is 0.506 e. The third-order valence-electron chi connectivity index (χ3n) is 2.52. The predicted molar refractivity (Wildman–Crippen MR) is 80.0 cm³/mol. The second-order valence-electron chi connectivity index (χ2n) is 4.16. The molecule has 0 spiro atoms. The van der Waals surface area contributed by atoms with E-state index in [4.69, 9.17) is 5.11 Å². The predicted octanol–water partition coefficient (Wildman–Crippen LogP) is 1.51. The SMILES string of the molecule is O=C(NCc1ccc(C#CCCO)s1)c1cncc(O)c1. The Kier molecular flexibility index (Phi) is 5.32. The Morgan fingerprint density at radius 2 is 2.24 bits per heavy atom. The lowest BCUT2D eigenvalue weighted by Crippen LogP contribution is -2.22. The first-order chi connectivity index (χ1) is 10.2. The molecule has 2 aromatic rings. The first kappa shape index (κ1) is 15.0.